The lowest BCUT2D eigenvalue weighted by Gasteiger charge is -2.15. The molecule has 1 amide bonds. The first-order valence-electron chi connectivity index (χ1n) is 5.86. The highest BCUT2D eigenvalue weighted by atomic mass is 16.7. The van der Waals surface area contributed by atoms with E-state index in [4.69, 9.17) is 14.6 Å². The van der Waals surface area contributed by atoms with Gasteiger partial charge in [0.25, 0.3) is 0 Å². The second-order valence-electron chi connectivity index (χ2n) is 4.31. The van der Waals surface area contributed by atoms with E-state index >= 15 is 0 Å². The molecular formula is C13H13NO6. The van der Waals surface area contributed by atoms with Crippen LogP contribution in [0.4, 0.5) is 0 Å². The van der Waals surface area contributed by atoms with Crippen molar-refractivity contribution in [2.45, 2.75) is 6.42 Å². The van der Waals surface area contributed by atoms with Crippen molar-refractivity contribution in [3.8, 4) is 11.5 Å². The number of ketones is 1. The van der Waals surface area contributed by atoms with E-state index < -0.39 is 18.3 Å². The van der Waals surface area contributed by atoms with Crippen LogP contribution in [0.5, 0.6) is 11.5 Å². The number of nitrogens with zero attached hydrogens (tertiary/aromatic N) is 1. The van der Waals surface area contributed by atoms with Gasteiger partial charge in [0.15, 0.2) is 17.3 Å². The predicted octanol–water partition coefficient (Wildman–Crippen LogP) is 0.531. The van der Waals surface area contributed by atoms with Crippen LogP contribution >= 0.6 is 0 Å². The van der Waals surface area contributed by atoms with E-state index in [0.717, 1.165) is 4.90 Å². The third-order valence-corrected chi connectivity index (χ3v) is 2.80. The molecule has 0 spiro atoms. The van der Waals surface area contributed by atoms with Crippen LogP contribution in [0, 0.1) is 0 Å². The minimum absolute atomic E-state index is 0.115. The van der Waals surface area contributed by atoms with Gasteiger partial charge in [-0.1, -0.05) is 0 Å². The summed E-state index contributed by atoms with van der Waals surface area (Å²) in [7, 11) is 1.39. The lowest BCUT2D eigenvalue weighted by molar-refractivity contribution is -0.143. The number of hydrogen-bond donors (Lipinski definition) is 1. The van der Waals surface area contributed by atoms with Gasteiger partial charge in [-0.05, 0) is 18.2 Å². The topological polar surface area (TPSA) is 93.1 Å². The Balaban J connectivity index is 2.01. The number of carboxylic acid groups (broad SMARTS) is 1. The number of carboxylic acids is 1. The van der Waals surface area contributed by atoms with E-state index in [0.29, 0.717) is 17.1 Å². The Morgan fingerprint density at radius 2 is 1.95 bits per heavy atom. The molecule has 0 unspecified atom stereocenters. The number of Topliss-reactive ketones (excluding diaryl/α,β-unsaturated/α-hetero) is 1. The van der Waals surface area contributed by atoms with Crippen LogP contribution in [0.25, 0.3) is 0 Å². The van der Waals surface area contributed by atoms with Crippen LogP contribution in [-0.4, -0.2) is 48.1 Å². The van der Waals surface area contributed by atoms with Crippen LogP contribution in [0.15, 0.2) is 18.2 Å². The third kappa shape index (κ3) is 3.05. The number of benzene rings is 1. The van der Waals surface area contributed by atoms with Gasteiger partial charge in [-0.25, -0.2) is 0 Å². The Hall–Kier alpha value is -2.57. The monoisotopic (exact) mass is 279 g/mol. The van der Waals surface area contributed by atoms with E-state index in [1.807, 2.05) is 0 Å². The largest absolute Gasteiger partial charge is 0.481 e. The maximum atomic E-state index is 12.0. The molecule has 20 heavy (non-hydrogen) atoms. The van der Waals surface area contributed by atoms with Crippen molar-refractivity contribution < 1.29 is 29.0 Å². The number of hydrogen-bond acceptors (Lipinski definition) is 5. The minimum atomic E-state index is -1.22. The molecule has 0 atom stereocenters. The fraction of sp³-hybridized carbons (Fsp3) is 0.308. The Labute approximate surface area is 114 Å². The first kappa shape index (κ1) is 13.9. The molecule has 0 bridgehead atoms. The van der Waals surface area contributed by atoms with E-state index in [1.165, 1.54) is 7.05 Å². The van der Waals surface area contributed by atoms with Crippen molar-refractivity contribution in [2.75, 3.05) is 20.4 Å². The van der Waals surface area contributed by atoms with Gasteiger partial charge in [0.1, 0.15) is 6.42 Å². The predicted molar refractivity (Wildman–Crippen MR) is 66.8 cm³/mol. The molecule has 0 saturated heterocycles. The van der Waals surface area contributed by atoms with Gasteiger partial charge in [0, 0.05) is 12.6 Å². The second-order valence-corrected chi connectivity index (χ2v) is 4.31. The molecule has 1 aromatic rings. The van der Waals surface area contributed by atoms with Crippen LogP contribution in [0.3, 0.4) is 0 Å². The molecule has 1 heterocycles. The zero-order valence-electron chi connectivity index (χ0n) is 10.8. The fourth-order valence-electron chi connectivity index (χ4n) is 1.73. The molecule has 0 aromatic heterocycles. The Bertz CT molecular complexity index is 568. The van der Waals surface area contributed by atoms with Gasteiger partial charge in [0.2, 0.25) is 12.7 Å². The van der Waals surface area contributed by atoms with E-state index in [1.54, 1.807) is 18.2 Å². The molecule has 1 aliphatic rings. The number of carbonyl (C=O) groups is 3. The van der Waals surface area contributed by atoms with Gasteiger partial charge < -0.3 is 19.5 Å². The average Bonchev–Trinajstić information content (AvgIpc) is 2.84. The maximum Gasteiger partial charge on any atom is 0.312 e. The molecule has 106 valence electrons. The first-order chi connectivity index (χ1) is 9.47. The summed E-state index contributed by atoms with van der Waals surface area (Å²) in [5, 5.41) is 8.53. The maximum absolute atomic E-state index is 12.0. The summed E-state index contributed by atoms with van der Waals surface area (Å²) < 4.78 is 10.3. The number of fused-ring (bicyclic) bond motifs is 1. The number of carbonyl (C=O) groups excluding carboxylic acids is 2. The van der Waals surface area contributed by atoms with Gasteiger partial charge in [-0.2, -0.15) is 0 Å². The number of ether oxygens (including phenoxy) is 2. The number of rotatable bonds is 5. The molecule has 7 heteroatoms. The van der Waals surface area contributed by atoms with Gasteiger partial charge in [0.05, 0.1) is 6.54 Å². The molecule has 0 fully saturated rings. The molecule has 1 aliphatic heterocycles. The summed E-state index contributed by atoms with van der Waals surface area (Å²) in [6.07, 6.45) is -0.634. The van der Waals surface area contributed by atoms with E-state index in [-0.39, 0.29) is 19.1 Å². The molecule has 0 aliphatic carbocycles. The molecular weight excluding hydrogens is 266 g/mol. The summed E-state index contributed by atoms with van der Waals surface area (Å²) >= 11 is 0. The Kier molecular flexibility index (Phi) is 3.88. The van der Waals surface area contributed by atoms with Crippen LogP contribution in [0.2, 0.25) is 0 Å². The minimum Gasteiger partial charge on any atom is -0.481 e. The fourth-order valence-corrected chi connectivity index (χ4v) is 1.73. The average molecular weight is 279 g/mol. The van der Waals surface area contributed by atoms with E-state index in [9.17, 15) is 14.4 Å². The summed E-state index contributed by atoms with van der Waals surface area (Å²) in [5.41, 5.74) is 0.379. The van der Waals surface area contributed by atoms with Crippen molar-refractivity contribution >= 4 is 17.7 Å². The number of aliphatic carboxylic acids is 1. The summed E-state index contributed by atoms with van der Waals surface area (Å²) in [5.74, 6) is -1.10. The molecule has 7 nitrogen and oxygen atoms in total. The van der Waals surface area contributed by atoms with Crippen LogP contribution < -0.4 is 9.47 Å². The lowest BCUT2D eigenvalue weighted by atomic mass is 10.1. The second kappa shape index (κ2) is 5.60. The number of amides is 1. The van der Waals surface area contributed by atoms with E-state index in [2.05, 4.69) is 0 Å². The SMILES string of the molecule is CN(CC(=O)c1ccc2c(c1)OCO2)C(=O)CC(=O)O. The molecule has 0 saturated carbocycles. The summed E-state index contributed by atoms with van der Waals surface area (Å²) in [4.78, 5) is 35.0. The van der Waals surface area contributed by atoms with Crippen molar-refractivity contribution in [1.82, 2.24) is 4.90 Å². The van der Waals surface area contributed by atoms with Crippen LogP contribution in [0.1, 0.15) is 16.8 Å². The first-order valence-corrected chi connectivity index (χ1v) is 5.86. The van der Waals surface area contributed by atoms with Gasteiger partial charge in [-0.15, -0.1) is 0 Å². The standard InChI is InChI=1S/C13H13NO6/c1-14(12(16)5-13(17)18)6-9(15)8-2-3-10-11(4-8)20-7-19-10/h2-4H,5-7H2,1H3,(H,17,18). The summed E-state index contributed by atoms with van der Waals surface area (Å²) in [6.45, 7) is -0.0737. The third-order valence-electron chi connectivity index (χ3n) is 2.80. The van der Waals surface area contributed by atoms with Crippen molar-refractivity contribution in [1.29, 1.82) is 0 Å². The molecule has 1 N–H and O–H groups in total. The normalized spacial score (nSPS) is 12.1. The smallest absolute Gasteiger partial charge is 0.312 e. The van der Waals surface area contributed by atoms with Crippen molar-refractivity contribution in [3.63, 3.8) is 0 Å². The Morgan fingerprint density at radius 3 is 2.65 bits per heavy atom. The highest BCUT2D eigenvalue weighted by molar-refractivity contribution is 6.01. The molecule has 0 radical (unpaired) electrons. The zero-order valence-corrected chi connectivity index (χ0v) is 10.8. The number of likely N-dealkylation sites (N-methyl/N-ethyl adjacent to an activating group) is 1. The molecule has 2 rings (SSSR count). The summed E-state index contributed by atoms with van der Waals surface area (Å²) in [6, 6.07) is 4.74. The highest BCUT2D eigenvalue weighted by Crippen LogP contribution is 2.32. The van der Waals surface area contributed by atoms with Gasteiger partial charge in [-0.3, -0.25) is 14.4 Å². The van der Waals surface area contributed by atoms with Crippen molar-refractivity contribution in [3.05, 3.63) is 23.8 Å². The Morgan fingerprint density at radius 1 is 1.25 bits per heavy atom. The van der Waals surface area contributed by atoms with Crippen molar-refractivity contribution in [2.24, 2.45) is 0 Å². The van der Waals surface area contributed by atoms with Gasteiger partial charge >= 0.3 is 5.97 Å². The highest BCUT2D eigenvalue weighted by Gasteiger charge is 2.19. The quantitative estimate of drug-likeness (QED) is 0.624. The zero-order chi connectivity index (χ0) is 14.7. The van der Waals surface area contributed by atoms with Crippen LogP contribution in [-0.2, 0) is 9.59 Å². The molecule has 1 aromatic carbocycles. The lowest BCUT2D eigenvalue weighted by Crippen LogP contribution is -2.33.